The highest BCUT2D eigenvalue weighted by Crippen LogP contribution is 2.31. The second-order valence-electron chi connectivity index (χ2n) is 6.93. The van der Waals surface area contributed by atoms with Crippen molar-refractivity contribution < 1.29 is 23.2 Å². The number of hydrogen-bond donors (Lipinski definition) is 3. The quantitative estimate of drug-likeness (QED) is 0.715. The Bertz CT molecular complexity index is 928. The third-order valence-electron chi connectivity index (χ3n) is 5.29. The van der Waals surface area contributed by atoms with Crippen molar-refractivity contribution in [2.24, 2.45) is 0 Å². The summed E-state index contributed by atoms with van der Waals surface area (Å²) in [6.45, 7) is 1.72. The third kappa shape index (κ3) is 2.61. The molecule has 1 aromatic carbocycles. The van der Waals surface area contributed by atoms with E-state index in [1.165, 1.54) is 18.2 Å². The summed E-state index contributed by atoms with van der Waals surface area (Å²) in [5.74, 6) is -0.886. The molecule has 1 aliphatic heterocycles. The van der Waals surface area contributed by atoms with E-state index >= 15 is 0 Å². The van der Waals surface area contributed by atoms with Crippen molar-refractivity contribution in [1.82, 2.24) is 16.0 Å². The predicted molar refractivity (Wildman–Crippen MR) is 90.0 cm³/mol. The Hall–Kier alpha value is -2.90. The molecule has 1 saturated carbocycles. The number of aryl methyl sites for hydroxylation is 1. The molecule has 8 heteroatoms. The number of amides is 4. The van der Waals surface area contributed by atoms with E-state index in [2.05, 4.69) is 16.0 Å². The standard InChI is InChI=1S/C18H18FN3O4/c1-9-12-8-10(19)2-3-13(12)26-14(9)15(23)20-11-4-6-18(7-5-11)16(24)21-17(25)22-18/h2-3,8,11H,4-7H2,1H3,(H,20,23)(H2,21,22,24,25). The highest BCUT2D eigenvalue weighted by atomic mass is 19.1. The molecule has 1 spiro atoms. The normalized spacial score (nSPS) is 25.4. The average Bonchev–Trinajstić information content (AvgIpc) is 3.07. The summed E-state index contributed by atoms with van der Waals surface area (Å²) in [4.78, 5) is 35.9. The van der Waals surface area contributed by atoms with E-state index in [9.17, 15) is 18.8 Å². The van der Waals surface area contributed by atoms with Crippen LogP contribution in [0.1, 0.15) is 41.8 Å². The molecule has 1 saturated heterocycles. The molecule has 26 heavy (non-hydrogen) atoms. The van der Waals surface area contributed by atoms with Crippen LogP contribution in [0.3, 0.4) is 0 Å². The lowest BCUT2D eigenvalue weighted by Gasteiger charge is -2.34. The van der Waals surface area contributed by atoms with Gasteiger partial charge in [-0.05, 0) is 50.8 Å². The number of urea groups is 1. The summed E-state index contributed by atoms with van der Waals surface area (Å²) in [6, 6.07) is 3.54. The zero-order chi connectivity index (χ0) is 18.5. The van der Waals surface area contributed by atoms with Gasteiger partial charge in [-0.2, -0.15) is 0 Å². The third-order valence-corrected chi connectivity index (χ3v) is 5.29. The van der Waals surface area contributed by atoms with Gasteiger partial charge in [0.15, 0.2) is 5.76 Å². The van der Waals surface area contributed by atoms with Gasteiger partial charge in [-0.15, -0.1) is 0 Å². The number of benzene rings is 1. The highest BCUT2D eigenvalue weighted by molar-refractivity contribution is 6.07. The topological polar surface area (TPSA) is 100 Å². The molecule has 1 aromatic heterocycles. The molecule has 7 nitrogen and oxygen atoms in total. The van der Waals surface area contributed by atoms with Crippen molar-refractivity contribution in [3.63, 3.8) is 0 Å². The van der Waals surface area contributed by atoms with Gasteiger partial charge >= 0.3 is 6.03 Å². The van der Waals surface area contributed by atoms with Crippen LogP contribution < -0.4 is 16.0 Å². The van der Waals surface area contributed by atoms with E-state index < -0.39 is 11.6 Å². The highest BCUT2D eigenvalue weighted by Gasteiger charge is 2.48. The van der Waals surface area contributed by atoms with Crippen LogP contribution in [0.2, 0.25) is 0 Å². The minimum atomic E-state index is -0.856. The lowest BCUT2D eigenvalue weighted by molar-refractivity contribution is -0.125. The molecule has 4 amide bonds. The van der Waals surface area contributed by atoms with Gasteiger partial charge in [-0.3, -0.25) is 14.9 Å². The predicted octanol–water partition coefficient (Wildman–Crippen LogP) is 2.13. The van der Waals surface area contributed by atoms with Gasteiger partial charge in [0.2, 0.25) is 0 Å². The maximum absolute atomic E-state index is 13.4. The lowest BCUT2D eigenvalue weighted by Crippen LogP contribution is -2.52. The van der Waals surface area contributed by atoms with Crippen molar-refractivity contribution in [2.45, 2.75) is 44.2 Å². The molecule has 0 radical (unpaired) electrons. The van der Waals surface area contributed by atoms with Crippen LogP contribution in [0, 0.1) is 12.7 Å². The van der Waals surface area contributed by atoms with Crippen LogP contribution in [-0.4, -0.2) is 29.4 Å². The lowest BCUT2D eigenvalue weighted by atomic mass is 9.79. The first-order valence-electron chi connectivity index (χ1n) is 8.51. The fraction of sp³-hybridized carbons (Fsp3) is 0.389. The molecule has 2 heterocycles. The van der Waals surface area contributed by atoms with Crippen molar-refractivity contribution >= 4 is 28.8 Å². The molecule has 4 rings (SSSR count). The smallest absolute Gasteiger partial charge is 0.322 e. The van der Waals surface area contributed by atoms with Crippen LogP contribution in [0.4, 0.5) is 9.18 Å². The molecular formula is C18H18FN3O4. The minimum absolute atomic E-state index is 0.122. The molecule has 1 aliphatic carbocycles. The maximum Gasteiger partial charge on any atom is 0.322 e. The molecule has 0 bridgehead atoms. The maximum atomic E-state index is 13.4. The van der Waals surface area contributed by atoms with Gasteiger partial charge in [0, 0.05) is 17.0 Å². The van der Waals surface area contributed by atoms with Gasteiger partial charge in [0.1, 0.15) is 16.9 Å². The Kier molecular flexibility index (Phi) is 3.71. The summed E-state index contributed by atoms with van der Waals surface area (Å²) in [7, 11) is 0. The van der Waals surface area contributed by atoms with E-state index in [4.69, 9.17) is 4.42 Å². The number of fused-ring (bicyclic) bond motifs is 1. The number of rotatable bonds is 2. The Labute approximate surface area is 148 Å². The first kappa shape index (κ1) is 16.6. The van der Waals surface area contributed by atoms with Crippen LogP contribution in [0.15, 0.2) is 22.6 Å². The molecule has 0 unspecified atom stereocenters. The molecular weight excluding hydrogens is 341 g/mol. The first-order valence-corrected chi connectivity index (χ1v) is 8.51. The van der Waals surface area contributed by atoms with Crippen LogP contribution in [0.25, 0.3) is 11.0 Å². The number of halogens is 1. The number of furan rings is 1. The molecule has 2 aromatic rings. The fourth-order valence-electron chi connectivity index (χ4n) is 3.80. The fourth-order valence-corrected chi connectivity index (χ4v) is 3.80. The summed E-state index contributed by atoms with van der Waals surface area (Å²) in [6.07, 6.45) is 2.04. The second-order valence-corrected chi connectivity index (χ2v) is 6.93. The summed E-state index contributed by atoms with van der Waals surface area (Å²) >= 11 is 0. The average molecular weight is 359 g/mol. The Balaban J connectivity index is 1.46. The molecule has 2 aliphatic rings. The van der Waals surface area contributed by atoms with Gasteiger partial charge in [0.25, 0.3) is 11.8 Å². The Morgan fingerprint density at radius 2 is 2.04 bits per heavy atom. The molecule has 3 N–H and O–H groups in total. The van der Waals surface area contributed by atoms with E-state index in [0.717, 1.165) is 0 Å². The largest absolute Gasteiger partial charge is 0.451 e. The number of hydrogen-bond acceptors (Lipinski definition) is 4. The number of carbonyl (C=O) groups excluding carboxylic acids is 3. The van der Waals surface area contributed by atoms with Crippen molar-refractivity contribution in [1.29, 1.82) is 0 Å². The summed E-state index contributed by atoms with van der Waals surface area (Å²) < 4.78 is 19.0. The Morgan fingerprint density at radius 3 is 2.69 bits per heavy atom. The van der Waals surface area contributed by atoms with Crippen LogP contribution in [-0.2, 0) is 4.79 Å². The van der Waals surface area contributed by atoms with Crippen molar-refractivity contribution in [3.05, 3.63) is 35.3 Å². The SMILES string of the molecule is Cc1c(C(=O)NC2CCC3(CC2)NC(=O)NC3=O)oc2ccc(F)cc12. The monoisotopic (exact) mass is 359 g/mol. The van der Waals surface area contributed by atoms with E-state index in [0.29, 0.717) is 42.2 Å². The zero-order valence-electron chi connectivity index (χ0n) is 14.1. The molecule has 0 atom stereocenters. The molecule has 2 fully saturated rings. The zero-order valence-corrected chi connectivity index (χ0v) is 14.1. The van der Waals surface area contributed by atoms with E-state index in [1.807, 2.05) is 0 Å². The van der Waals surface area contributed by atoms with E-state index in [1.54, 1.807) is 6.92 Å². The molecule has 136 valence electrons. The van der Waals surface area contributed by atoms with Crippen molar-refractivity contribution in [2.75, 3.05) is 0 Å². The number of carbonyl (C=O) groups is 3. The summed E-state index contributed by atoms with van der Waals surface area (Å²) in [5, 5.41) is 8.44. The van der Waals surface area contributed by atoms with Gasteiger partial charge < -0.3 is 15.1 Å². The van der Waals surface area contributed by atoms with Crippen molar-refractivity contribution in [3.8, 4) is 0 Å². The second kappa shape index (κ2) is 5.82. The van der Waals surface area contributed by atoms with Gasteiger partial charge in [-0.25, -0.2) is 9.18 Å². The summed E-state index contributed by atoms with van der Waals surface area (Å²) in [5.41, 5.74) is 0.194. The van der Waals surface area contributed by atoms with Crippen LogP contribution >= 0.6 is 0 Å². The minimum Gasteiger partial charge on any atom is -0.451 e. The van der Waals surface area contributed by atoms with E-state index in [-0.39, 0.29) is 29.4 Å². The van der Waals surface area contributed by atoms with Gasteiger partial charge in [0.05, 0.1) is 0 Å². The first-order chi connectivity index (χ1) is 12.4. The number of imide groups is 1. The van der Waals surface area contributed by atoms with Gasteiger partial charge in [-0.1, -0.05) is 0 Å². The Morgan fingerprint density at radius 1 is 1.31 bits per heavy atom. The number of nitrogens with one attached hydrogen (secondary N) is 3. The van der Waals surface area contributed by atoms with Crippen LogP contribution in [0.5, 0.6) is 0 Å².